The number of carbonyl (C=O) groups is 2. The van der Waals surface area contributed by atoms with Crippen LogP contribution in [0.5, 0.6) is 0 Å². The number of aryl methyl sites for hydroxylation is 1. The first kappa shape index (κ1) is 23.0. The summed E-state index contributed by atoms with van der Waals surface area (Å²) in [6, 6.07) is 14.2. The number of carbonyl (C=O) groups excluding carboxylic acids is 2. The molecule has 1 N–H and O–H groups in total. The average molecular weight is 471 g/mol. The number of rotatable bonds is 5. The summed E-state index contributed by atoms with van der Waals surface area (Å²) in [5.74, 6) is -1.69. The van der Waals surface area contributed by atoms with Gasteiger partial charge in [0.15, 0.2) is 6.10 Å². The molecule has 1 unspecified atom stereocenters. The zero-order chi connectivity index (χ0) is 23.4. The van der Waals surface area contributed by atoms with E-state index in [1.807, 2.05) is 6.07 Å². The number of esters is 1. The van der Waals surface area contributed by atoms with Crippen LogP contribution in [0.1, 0.15) is 28.7 Å². The maximum absolute atomic E-state index is 12.6. The number of aromatic nitrogens is 2. The number of halogens is 2. The van der Waals surface area contributed by atoms with E-state index in [4.69, 9.17) is 33.2 Å². The first-order valence-corrected chi connectivity index (χ1v) is 10.0. The summed E-state index contributed by atoms with van der Waals surface area (Å²) < 4.78 is 6.54. The molecule has 10 heteroatoms. The van der Waals surface area contributed by atoms with Crippen molar-refractivity contribution in [3.05, 3.63) is 85.8 Å². The standard InChI is InChI=1S/C22H16Cl2N4O4/c1-12-9-19(29)20(27-28(12)17-7-4-15(23)5-8-17)22(31)32-13(2)21(30)26-16-6-3-14(11-25)18(24)10-16/h3-10,13H,1-2H3,(H,26,30). The summed E-state index contributed by atoms with van der Waals surface area (Å²) >= 11 is 11.9. The van der Waals surface area contributed by atoms with E-state index in [2.05, 4.69) is 10.4 Å². The zero-order valence-electron chi connectivity index (χ0n) is 16.9. The molecule has 162 valence electrons. The largest absolute Gasteiger partial charge is 0.448 e. The Kier molecular flexibility index (Phi) is 6.93. The lowest BCUT2D eigenvalue weighted by atomic mass is 10.2. The Morgan fingerprint density at radius 1 is 1.16 bits per heavy atom. The lowest BCUT2D eigenvalue weighted by Crippen LogP contribution is -2.32. The van der Waals surface area contributed by atoms with Gasteiger partial charge in [0.1, 0.15) is 6.07 Å². The minimum Gasteiger partial charge on any atom is -0.448 e. The van der Waals surface area contributed by atoms with Crippen molar-refractivity contribution in [1.29, 1.82) is 5.26 Å². The van der Waals surface area contributed by atoms with E-state index < -0.39 is 29.1 Å². The van der Waals surface area contributed by atoms with Crippen LogP contribution in [0.4, 0.5) is 5.69 Å². The van der Waals surface area contributed by atoms with Gasteiger partial charge in [-0.05, 0) is 56.3 Å². The molecule has 0 aliphatic carbocycles. The van der Waals surface area contributed by atoms with E-state index >= 15 is 0 Å². The van der Waals surface area contributed by atoms with Gasteiger partial charge in [-0.3, -0.25) is 9.59 Å². The second-order valence-corrected chi connectivity index (χ2v) is 7.57. The average Bonchev–Trinajstić information content (AvgIpc) is 2.74. The van der Waals surface area contributed by atoms with E-state index in [0.717, 1.165) is 0 Å². The van der Waals surface area contributed by atoms with Crippen molar-refractivity contribution in [3.63, 3.8) is 0 Å². The summed E-state index contributed by atoms with van der Waals surface area (Å²) in [6.07, 6.45) is -1.23. The number of nitrogens with zero attached hydrogens (tertiary/aromatic N) is 3. The minimum atomic E-state index is -1.23. The van der Waals surface area contributed by atoms with E-state index in [1.54, 1.807) is 31.2 Å². The van der Waals surface area contributed by atoms with Gasteiger partial charge in [0.25, 0.3) is 5.91 Å². The van der Waals surface area contributed by atoms with Crippen LogP contribution in [0.2, 0.25) is 10.0 Å². The van der Waals surface area contributed by atoms with Crippen molar-refractivity contribution in [2.24, 2.45) is 0 Å². The van der Waals surface area contributed by atoms with Gasteiger partial charge in [0.05, 0.1) is 16.3 Å². The maximum Gasteiger partial charge on any atom is 0.363 e. The van der Waals surface area contributed by atoms with Gasteiger partial charge >= 0.3 is 5.97 Å². The molecular weight excluding hydrogens is 455 g/mol. The summed E-state index contributed by atoms with van der Waals surface area (Å²) in [7, 11) is 0. The smallest absolute Gasteiger partial charge is 0.363 e. The van der Waals surface area contributed by atoms with E-state index in [1.165, 1.54) is 35.9 Å². The Balaban J connectivity index is 1.77. The number of ether oxygens (including phenoxy) is 1. The molecule has 0 radical (unpaired) electrons. The van der Waals surface area contributed by atoms with Crippen molar-refractivity contribution < 1.29 is 14.3 Å². The second-order valence-electron chi connectivity index (χ2n) is 6.73. The third-order valence-corrected chi connectivity index (χ3v) is 4.95. The summed E-state index contributed by atoms with van der Waals surface area (Å²) in [4.78, 5) is 37.3. The molecule has 0 saturated carbocycles. The molecule has 0 bridgehead atoms. The van der Waals surface area contributed by atoms with Crippen molar-refractivity contribution >= 4 is 40.8 Å². The maximum atomic E-state index is 12.6. The van der Waals surface area contributed by atoms with Crippen molar-refractivity contribution in [2.75, 3.05) is 5.32 Å². The molecule has 8 nitrogen and oxygen atoms in total. The quantitative estimate of drug-likeness (QED) is 0.565. The lowest BCUT2D eigenvalue weighted by molar-refractivity contribution is -0.123. The lowest BCUT2D eigenvalue weighted by Gasteiger charge is -2.15. The summed E-state index contributed by atoms with van der Waals surface area (Å²) in [5, 5.41) is 16.2. The molecule has 1 amide bonds. The van der Waals surface area contributed by atoms with Crippen LogP contribution in [-0.4, -0.2) is 27.8 Å². The number of hydrogen-bond acceptors (Lipinski definition) is 6. The Morgan fingerprint density at radius 3 is 2.47 bits per heavy atom. The fourth-order valence-electron chi connectivity index (χ4n) is 2.73. The second kappa shape index (κ2) is 9.64. The van der Waals surface area contributed by atoms with Crippen LogP contribution in [0.25, 0.3) is 5.69 Å². The molecule has 0 spiro atoms. The highest BCUT2D eigenvalue weighted by Crippen LogP contribution is 2.20. The van der Waals surface area contributed by atoms with E-state index in [-0.39, 0.29) is 10.6 Å². The van der Waals surface area contributed by atoms with Gasteiger partial charge in [0.2, 0.25) is 11.1 Å². The van der Waals surface area contributed by atoms with Crippen LogP contribution in [0, 0.1) is 18.3 Å². The molecule has 2 aromatic carbocycles. The molecule has 1 atom stereocenters. The predicted molar refractivity (Wildman–Crippen MR) is 119 cm³/mol. The fourth-order valence-corrected chi connectivity index (χ4v) is 3.08. The number of nitriles is 1. The molecule has 3 aromatic rings. The number of nitrogens with one attached hydrogen (secondary N) is 1. The van der Waals surface area contributed by atoms with Gasteiger partial charge in [-0.25, -0.2) is 9.48 Å². The van der Waals surface area contributed by atoms with E-state index in [9.17, 15) is 14.4 Å². The number of anilines is 1. The topological polar surface area (TPSA) is 114 Å². The van der Waals surface area contributed by atoms with Crippen molar-refractivity contribution in [3.8, 4) is 11.8 Å². The number of benzene rings is 2. The number of hydrogen-bond donors (Lipinski definition) is 1. The Morgan fingerprint density at radius 2 is 1.84 bits per heavy atom. The van der Waals surface area contributed by atoms with E-state index in [0.29, 0.717) is 22.1 Å². The first-order chi connectivity index (χ1) is 15.2. The Hall–Kier alpha value is -3.67. The summed E-state index contributed by atoms with van der Waals surface area (Å²) in [6.45, 7) is 3.02. The van der Waals surface area contributed by atoms with Crippen molar-refractivity contribution in [1.82, 2.24) is 9.78 Å². The normalized spacial score (nSPS) is 11.3. The third-order valence-electron chi connectivity index (χ3n) is 4.38. The molecular formula is C22H16Cl2N4O4. The monoisotopic (exact) mass is 470 g/mol. The highest BCUT2D eigenvalue weighted by atomic mass is 35.5. The predicted octanol–water partition coefficient (Wildman–Crippen LogP) is 3.90. The Labute approximate surface area is 193 Å². The van der Waals surface area contributed by atoms with Crippen LogP contribution in [-0.2, 0) is 9.53 Å². The SMILES string of the molecule is Cc1cc(=O)c(C(=O)OC(C)C(=O)Nc2ccc(C#N)c(Cl)c2)nn1-c1ccc(Cl)cc1. The molecule has 3 rings (SSSR count). The number of amides is 1. The molecule has 0 saturated heterocycles. The fraction of sp³-hybridized carbons (Fsp3) is 0.136. The highest BCUT2D eigenvalue weighted by Gasteiger charge is 2.23. The summed E-state index contributed by atoms with van der Waals surface area (Å²) in [5.41, 5.74) is 0.560. The van der Waals surface area contributed by atoms with Crippen LogP contribution >= 0.6 is 23.2 Å². The van der Waals surface area contributed by atoms with Gasteiger partial charge in [0, 0.05) is 22.5 Å². The highest BCUT2D eigenvalue weighted by molar-refractivity contribution is 6.32. The minimum absolute atomic E-state index is 0.168. The Bertz CT molecular complexity index is 1300. The zero-order valence-corrected chi connectivity index (χ0v) is 18.4. The first-order valence-electron chi connectivity index (χ1n) is 9.28. The van der Waals surface area contributed by atoms with Gasteiger partial charge < -0.3 is 10.1 Å². The molecule has 32 heavy (non-hydrogen) atoms. The van der Waals surface area contributed by atoms with Gasteiger partial charge in [-0.15, -0.1) is 0 Å². The van der Waals surface area contributed by atoms with Crippen molar-refractivity contribution in [2.45, 2.75) is 20.0 Å². The molecule has 1 heterocycles. The van der Waals surface area contributed by atoms with Gasteiger partial charge in [-0.1, -0.05) is 23.2 Å². The molecule has 0 aliphatic heterocycles. The third kappa shape index (κ3) is 5.14. The van der Waals surface area contributed by atoms with Crippen LogP contribution in [0.3, 0.4) is 0 Å². The molecule has 0 aliphatic rings. The molecule has 1 aromatic heterocycles. The van der Waals surface area contributed by atoms with Crippen LogP contribution in [0.15, 0.2) is 53.3 Å². The molecule has 0 fully saturated rings. The van der Waals surface area contributed by atoms with Gasteiger partial charge in [-0.2, -0.15) is 10.4 Å². The van der Waals surface area contributed by atoms with Crippen LogP contribution < -0.4 is 10.7 Å².